The van der Waals surface area contributed by atoms with Gasteiger partial charge in [-0.3, -0.25) is 4.79 Å². The van der Waals surface area contributed by atoms with Gasteiger partial charge >= 0.3 is 5.97 Å². The van der Waals surface area contributed by atoms with Crippen LogP contribution in [0.3, 0.4) is 0 Å². The van der Waals surface area contributed by atoms with Gasteiger partial charge in [-0.25, -0.2) is 9.97 Å². The fourth-order valence-corrected chi connectivity index (χ4v) is 4.75. The molecule has 8 heteroatoms. The van der Waals surface area contributed by atoms with Crippen molar-refractivity contribution in [2.24, 2.45) is 5.73 Å². The van der Waals surface area contributed by atoms with Crippen molar-refractivity contribution in [2.75, 3.05) is 5.73 Å². The SMILES string of the molecule is CC(C)([C@H](N)C(=O)OC1CCCC1)n1cc(-c2ccc(Oc3ccccc3)cc2)c2c(N)ncnc21. The second-order valence-corrected chi connectivity index (χ2v) is 9.78. The van der Waals surface area contributed by atoms with Crippen LogP contribution in [0.2, 0.25) is 0 Å². The lowest BCUT2D eigenvalue weighted by atomic mass is 9.95. The minimum Gasteiger partial charge on any atom is -0.461 e. The topological polar surface area (TPSA) is 118 Å². The molecule has 5 rings (SSSR count). The largest absolute Gasteiger partial charge is 0.461 e. The van der Waals surface area contributed by atoms with E-state index in [1.807, 2.05) is 79.2 Å². The van der Waals surface area contributed by atoms with Crippen molar-refractivity contribution in [1.82, 2.24) is 14.5 Å². The van der Waals surface area contributed by atoms with Crippen LogP contribution < -0.4 is 16.2 Å². The van der Waals surface area contributed by atoms with E-state index in [0.717, 1.165) is 48.3 Å². The van der Waals surface area contributed by atoms with E-state index in [1.165, 1.54) is 6.33 Å². The summed E-state index contributed by atoms with van der Waals surface area (Å²) >= 11 is 0. The summed E-state index contributed by atoms with van der Waals surface area (Å²) in [5, 5.41) is 0.707. The van der Waals surface area contributed by atoms with Gasteiger partial charge in [-0.1, -0.05) is 30.3 Å². The van der Waals surface area contributed by atoms with Gasteiger partial charge in [0.2, 0.25) is 0 Å². The third-order valence-electron chi connectivity index (χ3n) is 6.98. The van der Waals surface area contributed by atoms with Crippen LogP contribution in [0.15, 0.2) is 67.1 Å². The van der Waals surface area contributed by atoms with E-state index in [9.17, 15) is 4.79 Å². The fraction of sp³-hybridized carbons (Fsp3) is 0.321. The van der Waals surface area contributed by atoms with Crippen molar-refractivity contribution >= 4 is 22.8 Å². The Hall–Kier alpha value is -3.91. The van der Waals surface area contributed by atoms with E-state index in [0.29, 0.717) is 16.9 Å². The smallest absolute Gasteiger partial charge is 0.325 e. The van der Waals surface area contributed by atoms with Gasteiger partial charge in [0.15, 0.2) is 0 Å². The highest BCUT2D eigenvalue weighted by molar-refractivity contribution is 6.01. The number of nitrogen functional groups attached to an aromatic ring is 1. The molecule has 0 saturated heterocycles. The van der Waals surface area contributed by atoms with Crippen molar-refractivity contribution in [3.63, 3.8) is 0 Å². The lowest BCUT2D eigenvalue weighted by Crippen LogP contribution is -2.51. The summed E-state index contributed by atoms with van der Waals surface area (Å²) in [6, 6.07) is 16.5. The summed E-state index contributed by atoms with van der Waals surface area (Å²) in [7, 11) is 0. The average Bonchev–Trinajstić information content (AvgIpc) is 3.54. The van der Waals surface area contributed by atoms with Crippen LogP contribution in [-0.4, -0.2) is 32.7 Å². The van der Waals surface area contributed by atoms with E-state index in [4.69, 9.17) is 20.9 Å². The van der Waals surface area contributed by atoms with Crippen LogP contribution in [0, 0.1) is 0 Å². The van der Waals surface area contributed by atoms with Gasteiger partial charge in [-0.05, 0) is 69.4 Å². The molecule has 1 aliphatic rings. The summed E-state index contributed by atoms with van der Waals surface area (Å²) in [5.74, 6) is 1.44. The molecule has 186 valence electrons. The average molecular weight is 486 g/mol. The maximum absolute atomic E-state index is 13.0. The molecule has 8 nitrogen and oxygen atoms in total. The Labute approximate surface area is 210 Å². The first kappa shape index (κ1) is 23.8. The highest BCUT2D eigenvalue weighted by atomic mass is 16.5. The minimum atomic E-state index is -0.889. The number of nitrogens with zero attached hydrogens (tertiary/aromatic N) is 3. The highest BCUT2D eigenvalue weighted by Gasteiger charge is 2.38. The van der Waals surface area contributed by atoms with Crippen LogP contribution in [-0.2, 0) is 15.1 Å². The van der Waals surface area contributed by atoms with E-state index in [-0.39, 0.29) is 6.10 Å². The number of rotatable bonds is 7. The first-order valence-electron chi connectivity index (χ1n) is 12.3. The summed E-state index contributed by atoms with van der Waals surface area (Å²) in [4.78, 5) is 21.7. The molecule has 0 amide bonds. The number of aromatic nitrogens is 3. The lowest BCUT2D eigenvalue weighted by molar-refractivity contribution is -0.152. The molecule has 1 fully saturated rings. The van der Waals surface area contributed by atoms with Crippen molar-refractivity contribution in [1.29, 1.82) is 0 Å². The standard InChI is InChI=1S/C28H31N5O3/c1-28(2,24(29)27(34)36-20-10-6-7-11-20)33-16-22(23-25(30)31-17-32-26(23)33)18-12-14-21(15-13-18)35-19-8-4-3-5-9-19/h3-5,8-9,12-17,20,24H,6-7,10-11,29H2,1-2H3,(H2,30,31,32)/t24-/m1/s1. The van der Waals surface area contributed by atoms with E-state index >= 15 is 0 Å². The number of hydrogen-bond acceptors (Lipinski definition) is 7. The first-order chi connectivity index (χ1) is 17.3. The maximum Gasteiger partial charge on any atom is 0.325 e. The van der Waals surface area contributed by atoms with Gasteiger partial charge in [-0.2, -0.15) is 0 Å². The van der Waals surface area contributed by atoms with Crippen molar-refractivity contribution in [3.8, 4) is 22.6 Å². The normalized spacial score (nSPS) is 15.2. The number of ether oxygens (including phenoxy) is 2. The molecule has 0 spiro atoms. The van der Waals surface area contributed by atoms with Gasteiger partial charge < -0.3 is 25.5 Å². The van der Waals surface area contributed by atoms with Crippen LogP contribution in [0.4, 0.5) is 5.82 Å². The number of carbonyl (C=O) groups is 1. The molecule has 0 unspecified atom stereocenters. The minimum absolute atomic E-state index is 0.0501. The Bertz CT molecular complexity index is 1360. The summed E-state index contributed by atoms with van der Waals surface area (Å²) < 4.78 is 13.6. The van der Waals surface area contributed by atoms with Crippen LogP contribution in [0.25, 0.3) is 22.2 Å². The monoisotopic (exact) mass is 485 g/mol. The van der Waals surface area contributed by atoms with Gasteiger partial charge in [0.05, 0.1) is 10.9 Å². The highest BCUT2D eigenvalue weighted by Crippen LogP contribution is 2.37. The second kappa shape index (κ2) is 9.62. The third-order valence-corrected chi connectivity index (χ3v) is 6.98. The fourth-order valence-electron chi connectivity index (χ4n) is 4.75. The first-order valence-corrected chi connectivity index (χ1v) is 12.3. The molecule has 0 bridgehead atoms. The van der Waals surface area contributed by atoms with Gasteiger partial charge in [0.1, 0.15) is 41.4 Å². The Kier molecular flexibility index (Phi) is 6.36. The van der Waals surface area contributed by atoms with Crippen LogP contribution in [0.5, 0.6) is 11.5 Å². The van der Waals surface area contributed by atoms with Crippen LogP contribution >= 0.6 is 0 Å². The molecule has 1 saturated carbocycles. The van der Waals surface area contributed by atoms with Gasteiger partial charge in [-0.15, -0.1) is 0 Å². The number of hydrogen-bond donors (Lipinski definition) is 2. The van der Waals surface area contributed by atoms with Crippen LogP contribution in [0.1, 0.15) is 39.5 Å². The number of para-hydroxylation sites is 1. The van der Waals surface area contributed by atoms with E-state index in [2.05, 4.69) is 9.97 Å². The molecular weight excluding hydrogens is 454 g/mol. The number of esters is 1. The molecule has 1 aliphatic carbocycles. The van der Waals surface area contributed by atoms with E-state index in [1.54, 1.807) is 0 Å². The number of fused-ring (bicyclic) bond motifs is 1. The Balaban J connectivity index is 1.48. The number of carbonyl (C=O) groups excluding carboxylic acids is 1. The molecule has 2 heterocycles. The second-order valence-electron chi connectivity index (χ2n) is 9.78. The molecule has 0 aliphatic heterocycles. The molecule has 36 heavy (non-hydrogen) atoms. The Morgan fingerprint density at radius 2 is 1.69 bits per heavy atom. The molecule has 2 aromatic carbocycles. The molecule has 2 aromatic heterocycles. The Morgan fingerprint density at radius 1 is 1.03 bits per heavy atom. The molecule has 4 N–H and O–H groups in total. The number of anilines is 1. The van der Waals surface area contributed by atoms with Crippen molar-refractivity contribution in [3.05, 3.63) is 67.1 Å². The third kappa shape index (κ3) is 4.52. The quantitative estimate of drug-likeness (QED) is 0.353. The Morgan fingerprint density at radius 3 is 2.39 bits per heavy atom. The number of benzene rings is 2. The summed E-state index contributed by atoms with van der Waals surface area (Å²) in [6.07, 6.45) is 7.25. The zero-order valence-corrected chi connectivity index (χ0v) is 20.6. The maximum atomic E-state index is 13.0. The van der Waals surface area contributed by atoms with E-state index < -0.39 is 17.6 Å². The number of nitrogens with two attached hydrogens (primary N) is 2. The predicted molar refractivity (Wildman–Crippen MR) is 140 cm³/mol. The molecule has 0 radical (unpaired) electrons. The predicted octanol–water partition coefficient (Wildman–Crippen LogP) is 5.02. The van der Waals surface area contributed by atoms with Crippen molar-refractivity contribution < 1.29 is 14.3 Å². The summed E-state index contributed by atoms with van der Waals surface area (Å²) in [6.45, 7) is 3.82. The molecule has 4 aromatic rings. The zero-order valence-electron chi connectivity index (χ0n) is 20.6. The van der Waals surface area contributed by atoms with Crippen molar-refractivity contribution in [2.45, 2.75) is 57.2 Å². The molecule has 1 atom stereocenters. The van der Waals surface area contributed by atoms with Gasteiger partial charge in [0.25, 0.3) is 0 Å². The lowest BCUT2D eigenvalue weighted by Gasteiger charge is -2.33. The molecular formula is C28H31N5O3. The van der Waals surface area contributed by atoms with Gasteiger partial charge in [0, 0.05) is 11.8 Å². The zero-order chi connectivity index (χ0) is 25.3. The summed E-state index contributed by atoms with van der Waals surface area (Å²) in [5.41, 5.74) is 14.3.